The second-order valence-corrected chi connectivity index (χ2v) is 4.88. The van der Waals surface area contributed by atoms with Crippen LogP contribution >= 0.6 is 0 Å². The highest BCUT2D eigenvalue weighted by Crippen LogP contribution is 2.15. The fraction of sp³-hybridized carbons (Fsp3) is 0.188. The van der Waals surface area contributed by atoms with E-state index >= 15 is 0 Å². The van der Waals surface area contributed by atoms with Crippen LogP contribution in [0.5, 0.6) is 0 Å². The molecule has 6 heteroatoms. The van der Waals surface area contributed by atoms with Gasteiger partial charge in [0.05, 0.1) is 11.0 Å². The number of nitrogens with two attached hydrogens (primary N) is 1. The average Bonchev–Trinajstić information content (AvgIpc) is 2.58. The first-order valence-electron chi connectivity index (χ1n) is 7.19. The molecule has 0 fully saturated rings. The minimum Gasteiger partial charge on any atom is -0.384 e. The van der Waals surface area contributed by atoms with Crippen LogP contribution in [-0.4, -0.2) is 28.0 Å². The Kier molecular flexibility index (Phi) is 4.41. The Labute approximate surface area is 128 Å². The van der Waals surface area contributed by atoms with Gasteiger partial charge in [-0.15, -0.1) is 0 Å². The lowest BCUT2D eigenvalue weighted by molar-refractivity contribution is 1.02. The molecule has 6 nitrogen and oxygen atoms in total. The Morgan fingerprint density at radius 2 is 1.73 bits per heavy atom. The van der Waals surface area contributed by atoms with E-state index < -0.39 is 0 Å². The Morgan fingerprint density at radius 3 is 2.59 bits per heavy atom. The molecule has 112 valence electrons. The summed E-state index contributed by atoms with van der Waals surface area (Å²) in [6.07, 6.45) is 5.17. The van der Waals surface area contributed by atoms with Crippen LogP contribution in [0.25, 0.3) is 11.0 Å². The van der Waals surface area contributed by atoms with Gasteiger partial charge >= 0.3 is 0 Å². The van der Waals surface area contributed by atoms with Gasteiger partial charge in [0, 0.05) is 50.0 Å². The molecule has 0 saturated carbocycles. The van der Waals surface area contributed by atoms with Crippen molar-refractivity contribution in [2.75, 3.05) is 23.7 Å². The number of anilines is 2. The number of pyridine rings is 1. The van der Waals surface area contributed by atoms with Crippen molar-refractivity contribution in [3.05, 3.63) is 54.5 Å². The molecule has 0 amide bonds. The number of benzene rings is 1. The van der Waals surface area contributed by atoms with E-state index in [1.165, 1.54) is 0 Å². The first-order chi connectivity index (χ1) is 10.8. The minimum absolute atomic E-state index is 0.600. The number of nitrogens with zero attached hydrogens (tertiary/aromatic N) is 3. The monoisotopic (exact) mass is 294 g/mol. The van der Waals surface area contributed by atoms with Crippen molar-refractivity contribution in [3.8, 4) is 0 Å². The molecular weight excluding hydrogens is 276 g/mol. The highest BCUT2D eigenvalue weighted by atomic mass is 15.0. The van der Waals surface area contributed by atoms with Crippen molar-refractivity contribution in [3.63, 3.8) is 0 Å². The van der Waals surface area contributed by atoms with Gasteiger partial charge in [0.25, 0.3) is 0 Å². The summed E-state index contributed by atoms with van der Waals surface area (Å²) in [5.41, 5.74) is 9.43. The molecule has 0 aliphatic carbocycles. The summed E-state index contributed by atoms with van der Waals surface area (Å²) in [7, 11) is 0. The predicted octanol–water partition coefficient (Wildman–Crippen LogP) is 2.01. The number of hydrogen-bond acceptors (Lipinski definition) is 6. The van der Waals surface area contributed by atoms with Crippen LogP contribution in [0.3, 0.4) is 0 Å². The first kappa shape index (κ1) is 14.2. The molecule has 1 aromatic carbocycles. The summed E-state index contributed by atoms with van der Waals surface area (Å²) >= 11 is 0. The molecule has 0 atom stereocenters. The first-order valence-corrected chi connectivity index (χ1v) is 7.19. The van der Waals surface area contributed by atoms with Gasteiger partial charge in [-0.1, -0.05) is 6.07 Å². The van der Waals surface area contributed by atoms with Crippen molar-refractivity contribution in [2.24, 2.45) is 5.73 Å². The molecular formula is C16H18N6. The van der Waals surface area contributed by atoms with Crippen LogP contribution < -0.4 is 16.4 Å². The summed E-state index contributed by atoms with van der Waals surface area (Å²) < 4.78 is 0. The summed E-state index contributed by atoms with van der Waals surface area (Å²) in [5.74, 6) is 0.821. The van der Waals surface area contributed by atoms with Gasteiger partial charge in [0.15, 0.2) is 0 Å². The maximum atomic E-state index is 5.49. The molecule has 3 rings (SSSR count). The highest BCUT2D eigenvalue weighted by Gasteiger charge is 2.00. The van der Waals surface area contributed by atoms with E-state index in [2.05, 4.69) is 25.6 Å². The zero-order valence-corrected chi connectivity index (χ0v) is 12.2. The summed E-state index contributed by atoms with van der Waals surface area (Å²) in [4.78, 5) is 12.9. The number of nitrogens with one attached hydrogen (secondary N) is 2. The lowest BCUT2D eigenvalue weighted by Crippen LogP contribution is -2.13. The van der Waals surface area contributed by atoms with Crippen LogP contribution in [0.2, 0.25) is 0 Å². The van der Waals surface area contributed by atoms with Crippen LogP contribution in [-0.2, 0) is 6.54 Å². The van der Waals surface area contributed by atoms with E-state index in [0.29, 0.717) is 13.1 Å². The fourth-order valence-corrected chi connectivity index (χ4v) is 2.17. The SMILES string of the molecule is NCCNc1ccnc(NCc2ccc3nccnc3c2)c1. The Morgan fingerprint density at radius 1 is 0.864 bits per heavy atom. The molecule has 0 radical (unpaired) electrons. The second-order valence-electron chi connectivity index (χ2n) is 4.88. The zero-order valence-electron chi connectivity index (χ0n) is 12.2. The molecule has 0 aliphatic rings. The number of fused-ring (bicyclic) bond motifs is 1. The maximum absolute atomic E-state index is 5.49. The second kappa shape index (κ2) is 6.82. The molecule has 0 saturated heterocycles. The fourth-order valence-electron chi connectivity index (χ4n) is 2.17. The van der Waals surface area contributed by atoms with Gasteiger partial charge in [0.1, 0.15) is 5.82 Å². The van der Waals surface area contributed by atoms with E-state index in [4.69, 9.17) is 5.73 Å². The van der Waals surface area contributed by atoms with Gasteiger partial charge in [-0.05, 0) is 23.8 Å². The van der Waals surface area contributed by atoms with Gasteiger partial charge in [-0.2, -0.15) is 0 Å². The molecule has 0 aliphatic heterocycles. The Hall–Kier alpha value is -2.73. The number of rotatable bonds is 6. The third-order valence-corrected chi connectivity index (χ3v) is 3.24. The molecule has 4 N–H and O–H groups in total. The molecule has 3 aromatic rings. The summed E-state index contributed by atoms with van der Waals surface area (Å²) in [5, 5.41) is 6.55. The van der Waals surface area contributed by atoms with E-state index in [1.807, 2.05) is 30.3 Å². The van der Waals surface area contributed by atoms with Gasteiger partial charge in [-0.3, -0.25) is 9.97 Å². The van der Waals surface area contributed by atoms with Crippen molar-refractivity contribution < 1.29 is 0 Å². The average molecular weight is 294 g/mol. The van der Waals surface area contributed by atoms with Crippen molar-refractivity contribution >= 4 is 22.5 Å². The number of hydrogen-bond donors (Lipinski definition) is 3. The zero-order chi connectivity index (χ0) is 15.2. The third-order valence-electron chi connectivity index (χ3n) is 3.24. The molecule has 2 aromatic heterocycles. The van der Waals surface area contributed by atoms with Crippen LogP contribution in [0.4, 0.5) is 11.5 Å². The van der Waals surface area contributed by atoms with Crippen molar-refractivity contribution in [2.45, 2.75) is 6.54 Å². The lowest BCUT2D eigenvalue weighted by atomic mass is 10.2. The summed E-state index contributed by atoms with van der Waals surface area (Å²) in [6, 6.07) is 9.95. The minimum atomic E-state index is 0.600. The highest BCUT2D eigenvalue weighted by molar-refractivity contribution is 5.74. The van der Waals surface area contributed by atoms with Gasteiger partial charge in [0.2, 0.25) is 0 Å². The van der Waals surface area contributed by atoms with Crippen molar-refractivity contribution in [1.82, 2.24) is 15.0 Å². The van der Waals surface area contributed by atoms with E-state index in [-0.39, 0.29) is 0 Å². The molecule has 2 heterocycles. The predicted molar refractivity (Wildman–Crippen MR) is 88.6 cm³/mol. The molecule has 22 heavy (non-hydrogen) atoms. The van der Waals surface area contributed by atoms with Crippen LogP contribution in [0.1, 0.15) is 5.56 Å². The van der Waals surface area contributed by atoms with E-state index in [1.54, 1.807) is 18.6 Å². The standard InChI is InChI=1S/C16H18N6/c17-4-6-18-13-3-5-21-16(10-13)22-11-12-1-2-14-15(9-12)20-8-7-19-14/h1-3,5,7-10H,4,6,11,17H2,(H2,18,21,22). The lowest BCUT2D eigenvalue weighted by Gasteiger charge is -2.09. The van der Waals surface area contributed by atoms with Gasteiger partial charge < -0.3 is 16.4 Å². The molecule has 0 spiro atoms. The van der Waals surface area contributed by atoms with E-state index in [9.17, 15) is 0 Å². The summed E-state index contributed by atoms with van der Waals surface area (Å²) in [6.45, 7) is 2.02. The van der Waals surface area contributed by atoms with Crippen LogP contribution in [0.15, 0.2) is 48.9 Å². The molecule has 0 unspecified atom stereocenters. The van der Waals surface area contributed by atoms with Crippen LogP contribution in [0, 0.1) is 0 Å². The number of aromatic nitrogens is 3. The molecule has 0 bridgehead atoms. The normalized spacial score (nSPS) is 10.6. The van der Waals surface area contributed by atoms with Gasteiger partial charge in [-0.25, -0.2) is 4.98 Å². The van der Waals surface area contributed by atoms with Crippen molar-refractivity contribution in [1.29, 1.82) is 0 Å². The smallest absolute Gasteiger partial charge is 0.128 e. The third kappa shape index (κ3) is 3.48. The van der Waals surface area contributed by atoms with E-state index in [0.717, 1.165) is 34.6 Å². The quantitative estimate of drug-likeness (QED) is 0.644. The maximum Gasteiger partial charge on any atom is 0.128 e. The largest absolute Gasteiger partial charge is 0.384 e. The topological polar surface area (TPSA) is 88.8 Å². The Balaban J connectivity index is 1.68. The Bertz CT molecular complexity index is 758.